The molecule has 2 aliphatic rings. The van der Waals surface area contributed by atoms with E-state index in [1.54, 1.807) is 7.11 Å². The zero-order chi connectivity index (χ0) is 19.5. The summed E-state index contributed by atoms with van der Waals surface area (Å²) in [6.07, 6.45) is 6.67. The Labute approximate surface area is 170 Å². The molecule has 28 heavy (non-hydrogen) atoms. The fourth-order valence-electron chi connectivity index (χ4n) is 4.29. The fraction of sp³-hybridized carbons (Fsp3) is 0.524. The summed E-state index contributed by atoms with van der Waals surface area (Å²) in [6.45, 7) is 3.45. The van der Waals surface area contributed by atoms with Crippen molar-refractivity contribution in [3.63, 3.8) is 0 Å². The molecule has 1 aliphatic heterocycles. The van der Waals surface area contributed by atoms with E-state index in [0.29, 0.717) is 22.3 Å². The van der Waals surface area contributed by atoms with Crippen molar-refractivity contribution in [1.29, 1.82) is 0 Å². The number of hydrogen-bond donors (Lipinski definition) is 1. The molecule has 0 unspecified atom stereocenters. The predicted molar refractivity (Wildman–Crippen MR) is 113 cm³/mol. The Hall–Kier alpha value is -2.12. The highest BCUT2D eigenvalue weighted by atomic mass is 32.1. The Morgan fingerprint density at radius 3 is 2.43 bits per heavy atom. The van der Waals surface area contributed by atoms with Crippen LogP contribution in [0.3, 0.4) is 0 Å². The molecule has 1 aromatic heterocycles. The summed E-state index contributed by atoms with van der Waals surface area (Å²) in [5, 5.41) is 0. The van der Waals surface area contributed by atoms with Crippen LogP contribution in [0.1, 0.15) is 41.8 Å². The van der Waals surface area contributed by atoms with Gasteiger partial charge in [0.15, 0.2) is 0 Å². The van der Waals surface area contributed by atoms with E-state index in [1.165, 1.54) is 43.6 Å². The molecule has 1 saturated heterocycles. The number of methoxy groups -OCH3 is 1. The number of carbonyl (C=O) groups is 1. The first-order valence-corrected chi connectivity index (χ1v) is 10.9. The minimum absolute atomic E-state index is 0.0121. The van der Waals surface area contributed by atoms with Gasteiger partial charge in [0.2, 0.25) is 0 Å². The van der Waals surface area contributed by atoms with E-state index in [4.69, 9.17) is 10.5 Å². The molecule has 6 nitrogen and oxygen atoms in total. The third-order valence-electron chi connectivity index (χ3n) is 5.98. The van der Waals surface area contributed by atoms with Crippen LogP contribution in [0, 0.1) is 0 Å². The number of aromatic nitrogens is 1. The normalized spacial score (nSPS) is 19.0. The highest BCUT2D eigenvalue weighted by molar-refractivity contribution is 7.09. The van der Waals surface area contributed by atoms with Crippen LogP contribution in [0.5, 0.6) is 5.75 Å². The maximum Gasteiger partial charge on any atom is 0.267 e. The summed E-state index contributed by atoms with van der Waals surface area (Å²) >= 11 is 1.20. The number of ether oxygens (including phenoxy) is 1. The van der Waals surface area contributed by atoms with Gasteiger partial charge in [-0.2, -0.15) is 4.37 Å². The highest BCUT2D eigenvalue weighted by Gasteiger charge is 2.29. The van der Waals surface area contributed by atoms with E-state index in [-0.39, 0.29) is 5.91 Å². The van der Waals surface area contributed by atoms with Gasteiger partial charge < -0.3 is 15.4 Å². The number of rotatable bonds is 4. The van der Waals surface area contributed by atoms with Crippen LogP contribution in [0.25, 0.3) is 11.3 Å². The molecule has 0 radical (unpaired) electrons. The maximum atomic E-state index is 13.0. The van der Waals surface area contributed by atoms with Crippen LogP contribution in [0.15, 0.2) is 24.3 Å². The van der Waals surface area contributed by atoms with E-state index in [2.05, 4.69) is 9.27 Å². The average Bonchev–Trinajstić information content (AvgIpc) is 3.15. The number of amides is 1. The molecule has 1 amide bonds. The van der Waals surface area contributed by atoms with Gasteiger partial charge in [-0.1, -0.05) is 19.3 Å². The number of carbonyl (C=O) groups excluding carboxylic acids is 1. The summed E-state index contributed by atoms with van der Waals surface area (Å²) in [6, 6.07) is 8.30. The van der Waals surface area contributed by atoms with Crippen LogP contribution in [0.2, 0.25) is 0 Å². The zero-order valence-electron chi connectivity index (χ0n) is 16.4. The molecule has 1 saturated carbocycles. The molecule has 150 valence electrons. The quantitative estimate of drug-likeness (QED) is 0.851. The second-order valence-electron chi connectivity index (χ2n) is 7.62. The second-order valence-corrected chi connectivity index (χ2v) is 8.40. The van der Waals surface area contributed by atoms with Crippen molar-refractivity contribution < 1.29 is 9.53 Å². The minimum atomic E-state index is 0.0121. The van der Waals surface area contributed by atoms with Gasteiger partial charge in [-0.05, 0) is 48.6 Å². The SMILES string of the molecule is COc1ccc(-c2nsc(C(=O)N3CCN(C4CCCCC4)CC3)c2N)cc1. The summed E-state index contributed by atoms with van der Waals surface area (Å²) in [4.78, 5) is 18.1. The number of piperazine rings is 1. The Morgan fingerprint density at radius 1 is 1.11 bits per heavy atom. The van der Waals surface area contributed by atoms with Gasteiger partial charge in [-0.15, -0.1) is 0 Å². The lowest BCUT2D eigenvalue weighted by atomic mass is 9.94. The van der Waals surface area contributed by atoms with Gasteiger partial charge >= 0.3 is 0 Å². The number of hydrogen-bond acceptors (Lipinski definition) is 6. The fourth-order valence-corrected chi connectivity index (χ4v) is 5.08. The van der Waals surface area contributed by atoms with Crippen molar-refractivity contribution >= 4 is 23.1 Å². The van der Waals surface area contributed by atoms with Crippen molar-refractivity contribution in [3.8, 4) is 17.0 Å². The molecule has 0 spiro atoms. The number of benzene rings is 1. The van der Waals surface area contributed by atoms with Crippen molar-refractivity contribution in [2.75, 3.05) is 39.0 Å². The standard InChI is InChI=1S/C21H28N4O2S/c1-27-17-9-7-15(8-10-17)19-18(22)20(28-23-19)21(26)25-13-11-24(12-14-25)16-5-3-2-4-6-16/h7-10,16H,2-6,11-14,22H2,1H3. The van der Waals surface area contributed by atoms with E-state index >= 15 is 0 Å². The van der Waals surface area contributed by atoms with Crippen molar-refractivity contribution in [2.45, 2.75) is 38.1 Å². The topological polar surface area (TPSA) is 71.7 Å². The van der Waals surface area contributed by atoms with Crippen LogP contribution in [-0.4, -0.2) is 59.4 Å². The molecule has 2 heterocycles. The zero-order valence-corrected chi connectivity index (χ0v) is 17.2. The smallest absolute Gasteiger partial charge is 0.267 e. The third-order valence-corrected chi connectivity index (χ3v) is 6.83. The largest absolute Gasteiger partial charge is 0.497 e. The first-order valence-electron chi connectivity index (χ1n) is 10.1. The Bertz CT molecular complexity index is 806. The van der Waals surface area contributed by atoms with Crippen LogP contribution < -0.4 is 10.5 Å². The van der Waals surface area contributed by atoms with Gasteiger partial charge in [0.25, 0.3) is 5.91 Å². The Balaban J connectivity index is 1.42. The lowest BCUT2D eigenvalue weighted by molar-refractivity contribution is 0.0528. The van der Waals surface area contributed by atoms with Crippen molar-refractivity contribution in [1.82, 2.24) is 14.2 Å². The van der Waals surface area contributed by atoms with Gasteiger partial charge in [-0.3, -0.25) is 9.69 Å². The molecule has 7 heteroatoms. The molecule has 2 fully saturated rings. The maximum absolute atomic E-state index is 13.0. The molecular formula is C21H28N4O2S. The van der Waals surface area contributed by atoms with E-state index < -0.39 is 0 Å². The van der Waals surface area contributed by atoms with Gasteiger partial charge in [0.1, 0.15) is 16.3 Å². The number of nitrogens with two attached hydrogens (primary N) is 1. The van der Waals surface area contributed by atoms with E-state index in [0.717, 1.165) is 37.5 Å². The van der Waals surface area contributed by atoms with Crippen LogP contribution in [-0.2, 0) is 0 Å². The van der Waals surface area contributed by atoms with Crippen LogP contribution >= 0.6 is 11.5 Å². The molecule has 4 rings (SSSR count). The average molecular weight is 401 g/mol. The van der Waals surface area contributed by atoms with Gasteiger partial charge in [0.05, 0.1) is 12.8 Å². The van der Waals surface area contributed by atoms with Crippen molar-refractivity contribution in [3.05, 3.63) is 29.1 Å². The number of nitrogen functional groups attached to an aromatic ring is 1. The third kappa shape index (κ3) is 3.86. The molecule has 0 atom stereocenters. The molecule has 1 aliphatic carbocycles. The highest BCUT2D eigenvalue weighted by Crippen LogP contribution is 2.33. The molecule has 1 aromatic carbocycles. The van der Waals surface area contributed by atoms with E-state index in [9.17, 15) is 4.79 Å². The first kappa shape index (κ1) is 19.2. The summed E-state index contributed by atoms with van der Waals surface area (Å²) in [5.41, 5.74) is 8.37. The van der Waals surface area contributed by atoms with E-state index in [1.807, 2.05) is 29.2 Å². The van der Waals surface area contributed by atoms with Crippen molar-refractivity contribution in [2.24, 2.45) is 0 Å². The lowest BCUT2D eigenvalue weighted by Crippen LogP contribution is -2.52. The van der Waals surface area contributed by atoms with Crippen LogP contribution in [0.4, 0.5) is 5.69 Å². The first-order chi connectivity index (χ1) is 13.7. The molecular weight excluding hydrogens is 372 g/mol. The molecule has 2 N–H and O–H groups in total. The Morgan fingerprint density at radius 2 is 1.79 bits per heavy atom. The molecule has 2 aromatic rings. The monoisotopic (exact) mass is 400 g/mol. The second kappa shape index (κ2) is 8.49. The number of nitrogens with zero attached hydrogens (tertiary/aromatic N) is 3. The Kier molecular flexibility index (Phi) is 5.82. The summed E-state index contributed by atoms with van der Waals surface area (Å²) in [7, 11) is 1.64. The lowest BCUT2D eigenvalue weighted by Gasteiger charge is -2.40. The predicted octanol–water partition coefficient (Wildman–Crippen LogP) is 3.49. The summed E-state index contributed by atoms with van der Waals surface area (Å²) in [5.74, 6) is 0.794. The molecule has 0 bridgehead atoms. The number of anilines is 1. The minimum Gasteiger partial charge on any atom is -0.497 e. The van der Waals surface area contributed by atoms with Gasteiger partial charge in [-0.25, -0.2) is 0 Å². The summed E-state index contributed by atoms with van der Waals surface area (Å²) < 4.78 is 9.66. The van der Waals surface area contributed by atoms with Gasteiger partial charge in [0, 0.05) is 37.8 Å².